The number of rotatable bonds is 4. The molecule has 0 spiro atoms. The van der Waals surface area contributed by atoms with Crippen molar-refractivity contribution >= 4 is 55.4 Å². The predicted octanol–water partition coefficient (Wildman–Crippen LogP) is 2.45. The van der Waals surface area contributed by atoms with E-state index in [2.05, 4.69) is 63.4 Å². The van der Waals surface area contributed by atoms with E-state index in [9.17, 15) is 0 Å². The molecule has 13 heavy (non-hydrogen) atoms. The Morgan fingerprint density at radius 1 is 1.31 bits per heavy atom. The zero-order valence-electron chi connectivity index (χ0n) is 7.52. The van der Waals surface area contributed by atoms with Gasteiger partial charge in [0, 0.05) is 13.8 Å². The smallest absolute Gasteiger partial charge is 0.132 e. The van der Waals surface area contributed by atoms with Crippen LogP contribution in [0, 0.1) is 7.14 Å². The Morgan fingerprint density at radius 2 is 2.08 bits per heavy atom. The van der Waals surface area contributed by atoms with E-state index in [4.69, 9.17) is 4.74 Å². The fourth-order valence-corrected chi connectivity index (χ4v) is 2.97. The summed E-state index contributed by atoms with van der Waals surface area (Å²) in [7, 11) is 1.28. The highest BCUT2D eigenvalue weighted by atomic mass is 127. The van der Waals surface area contributed by atoms with E-state index < -0.39 is 0 Å². The summed E-state index contributed by atoms with van der Waals surface area (Å²) in [5.41, 5.74) is 0. The number of benzene rings is 1. The van der Waals surface area contributed by atoms with Gasteiger partial charge in [-0.15, -0.1) is 0 Å². The lowest BCUT2D eigenvalue weighted by Crippen LogP contribution is -1.98. The highest BCUT2D eigenvalue weighted by Gasteiger charge is 2.00. The zero-order valence-corrected chi connectivity index (χ0v) is 13.8. The maximum absolute atomic E-state index is 5.64. The van der Waals surface area contributed by atoms with E-state index in [0.717, 1.165) is 12.4 Å². The Balaban J connectivity index is 2.56. The highest BCUT2D eigenvalue weighted by Crippen LogP contribution is 2.22. The molecule has 0 radical (unpaired) electrons. The van der Waals surface area contributed by atoms with Crippen molar-refractivity contribution < 1.29 is 4.74 Å². The van der Waals surface area contributed by atoms with Gasteiger partial charge in [0.05, 0.1) is 10.2 Å². The molecule has 0 aliphatic rings. The van der Waals surface area contributed by atoms with Gasteiger partial charge in [0.25, 0.3) is 0 Å². The third-order valence-electron chi connectivity index (χ3n) is 1.65. The minimum atomic E-state index is 0.861. The van der Waals surface area contributed by atoms with Crippen LogP contribution in [0.1, 0.15) is 6.42 Å². The molecule has 1 rings (SSSR count). The van der Waals surface area contributed by atoms with Crippen molar-refractivity contribution in [1.29, 1.82) is 0 Å². The van der Waals surface area contributed by atoms with Crippen LogP contribution >= 0.6 is 45.2 Å². The summed E-state index contributed by atoms with van der Waals surface area (Å²) in [6, 6.07) is 7.59. The van der Waals surface area contributed by atoms with Crippen molar-refractivity contribution in [3.05, 3.63) is 25.3 Å². The molecule has 0 amide bonds. The molecule has 0 atom stereocenters. The molecule has 1 nitrogen and oxygen atoms in total. The van der Waals surface area contributed by atoms with Crippen LogP contribution in [0.15, 0.2) is 18.2 Å². The van der Waals surface area contributed by atoms with Crippen LogP contribution in [0.3, 0.4) is 0 Å². The third-order valence-corrected chi connectivity index (χ3v) is 3.87. The van der Waals surface area contributed by atoms with Gasteiger partial charge in [-0.3, -0.25) is 0 Å². The molecule has 0 aromatic heterocycles. The first-order valence-electron chi connectivity index (χ1n) is 4.32. The standard InChI is InChI=1S/C9H12I2OSi/c10-7-2-3-9(8(11)6-7)12-4-1-5-13/h2-3,6H,1,4-5H2,13H3. The molecule has 1 aromatic rings. The summed E-state index contributed by atoms with van der Waals surface area (Å²) in [5.74, 6) is 1.02. The zero-order chi connectivity index (χ0) is 9.68. The second-order valence-electron chi connectivity index (χ2n) is 2.78. The Hall–Kier alpha value is 0.697. The Labute approximate surface area is 109 Å². The first-order valence-corrected chi connectivity index (χ1v) is 7.89. The van der Waals surface area contributed by atoms with E-state index in [0.29, 0.717) is 0 Å². The second kappa shape index (κ2) is 6.23. The van der Waals surface area contributed by atoms with Crippen LogP contribution in [0.25, 0.3) is 0 Å². The van der Waals surface area contributed by atoms with E-state index in [1.54, 1.807) is 0 Å². The topological polar surface area (TPSA) is 9.23 Å². The van der Waals surface area contributed by atoms with Crippen molar-refractivity contribution in [3.63, 3.8) is 0 Å². The average Bonchev–Trinajstić information content (AvgIpc) is 2.09. The molecule has 0 saturated carbocycles. The molecule has 0 saturated heterocycles. The van der Waals surface area contributed by atoms with Crippen LogP contribution in [-0.2, 0) is 0 Å². The Bertz CT molecular complexity index is 278. The molecule has 72 valence electrons. The molecule has 1 aromatic carbocycles. The highest BCUT2D eigenvalue weighted by molar-refractivity contribution is 14.1. The van der Waals surface area contributed by atoms with Crippen LogP contribution in [0.2, 0.25) is 6.04 Å². The quantitative estimate of drug-likeness (QED) is 0.415. The summed E-state index contributed by atoms with van der Waals surface area (Å²) in [6.07, 6.45) is 1.19. The van der Waals surface area contributed by atoms with Gasteiger partial charge >= 0.3 is 0 Å². The lowest BCUT2D eigenvalue weighted by atomic mass is 10.3. The van der Waals surface area contributed by atoms with Gasteiger partial charge in [-0.1, -0.05) is 6.04 Å². The lowest BCUT2D eigenvalue weighted by Gasteiger charge is -2.07. The lowest BCUT2D eigenvalue weighted by molar-refractivity contribution is 0.315. The maximum Gasteiger partial charge on any atom is 0.132 e. The van der Waals surface area contributed by atoms with E-state index in [1.165, 1.54) is 29.8 Å². The van der Waals surface area contributed by atoms with Crippen molar-refractivity contribution in [2.75, 3.05) is 6.61 Å². The molecule has 0 N–H and O–H groups in total. The van der Waals surface area contributed by atoms with Gasteiger partial charge in [0.1, 0.15) is 5.75 Å². The van der Waals surface area contributed by atoms with Crippen LogP contribution in [0.5, 0.6) is 5.75 Å². The van der Waals surface area contributed by atoms with E-state index >= 15 is 0 Å². The summed E-state index contributed by atoms with van der Waals surface area (Å²) >= 11 is 4.63. The van der Waals surface area contributed by atoms with Gasteiger partial charge in [-0.25, -0.2) is 0 Å². The van der Waals surface area contributed by atoms with Crippen LogP contribution in [0.4, 0.5) is 0 Å². The number of hydrogen-bond donors (Lipinski definition) is 0. The SMILES string of the molecule is [SiH3]CCCOc1ccc(I)cc1I. The third kappa shape index (κ3) is 4.16. The van der Waals surface area contributed by atoms with Crippen LogP contribution < -0.4 is 4.74 Å². The Morgan fingerprint density at radius 3 is 2.69 bits per heavy atom. The van der Waals surface area contributed by atoms with Gasteiger partial charge in [0.2, 0.25) is 0 Å². The summed E-state index contributed by atoms with van der Waals surface area (Å²) < 4.78 is 8.11. The monoisotopic (exact) mass is 418 g/mol. The molecule has 0 bridgehead atoms. The summed E-state index contributed by atoms with van der Waals surface area (Å²) in [6.45, 7) is 0.861. The van der Waals surface area contributed by atoms with Crippen molar-refractivity contribution in [1.82, 2.24) is 0 Å². The van der Waals surface area contributed by atoms with Crippen molar-refractivity contribution in [2.45, 2.75) is 12.5 Å². The number of ether oxygens (including phenoxy) is 1. The first kappa shape index (κ1) is 11.8. The molecule has 0 unspecified atom stereocenters. The summed E-state index contributed by atoms with van der Waals surface area (Å²) in [5, 5.41) is 0. The second-order valence-corrected chi connectivity index (χ2v) is 6.18. The van der Waals surface area contributed by atoms with Crippen molar-refractivity contribution in [2.24, 2.45) is 0 Å². The van der Waals surface area contributed by atoms with E-state index in [1.807, 2.05) is 0 Å². The van der Waals surface area contributed by atoms with Crippen LogP contribution in [-0.4, -0.2) is 16.8 Å². The van der Waals surface area contributed by atoms with E-state index in [-0.39, 0.29) is 0 Å². The normalized spacial score (nSPS) is 10.3. The molecule has 0 aliphatic heterocycles. The Kier molecular flexibility index (Phi) is 5.64. The molecular formula is C9H12I2OSi. The minimum Gasteiger partial charge on any atom is -0.492 e. The molecule has 4 heteroatoms. The predicted molar refractivity (Wildman–Crippen MR) is 76.7 cm³/mol. The van der Waals surface area contributed by atoms with Gasteiger partial charge < -0.3 is 4.74 Å². The minimum absolute atomic E-state index is 0.861. The largest absolute Gasteiger partial charge is 0.492 e. The van der Waals surface area contributed by atoms with Gasteiger partial charge in [-0.2, -0.15) is 0 Å². The van der Waals surface area contributed by atoms with Gasteiger partial charge in [-0.05, 0) is 69.8 Å². The molecule has 0 heterocycles. The maximum atomic E-state index is 5.64. The average molecular weight is 418 g/mol. The summed E-state index contributed by atoms with van der Waals surface area (Å²) in [4.78, 5) is 0. The number of hydrogen-bond acceptors (Lipinski definition) is 1. The fourth-order valence-electron chi connectivity index (χ4n) is 0.919. The molecule has 0 aliphatic carbocycles. The number of halogens is 2. The molecule has 0 fully saturated rings. The first-order chi connectivity index (χ1) is 6.24. The molecular weight excluding hydrogens is 406 g/mol. The fraction of sp³-hybridized carbons (Fsp3) is 0.333. The van der Waals surface area contributed by atoms with Crippen molar-refractivity contribution in [3.8, 4) is 5.75 Å². The van der Waals surface area contributed by atoms with Gasteiger partial charge in [0.15, 0.2) is 0 Å².